The topological polar surface area (TPSA) is 84.1 Å². The van der Waals surface area contributed by atoms with Crippen LogP contribution in [0, 0.1) is 24.5 Å². The van der Waals surface area contributed by atoms with E-state index in [0.717, 1.165) is 12.1 Å². The van der Waals surface area contributed by atoms with Gasteiger partial charge in [0.25, 0.3) is 0 Å². The number of ether oxygens (including phenoxy) is 1. The molecule has 1 aromatic carbocycles. The summed E-state index contributed by atoms with van der Waals surface area (Å²) in [5.74, 6) is -1.81. The number of hydrogen-bond donors (Lipinski definition) is 2. The molecule has 0 saturated heterocycles. The molecule has 0 unspecified atom stereocenters. The van der Waals surface area contributed by atoms with Gasteiger partial charge in [-0.25, -0.2) is 13.8 Å². The Balaban J connectivity index is 1.91. The summed E-state index contributed by atoms with van der Waals surface area (Å²) in [5, 5.41) is 18.8. The molecule has 2 N–H and O–H groups in total. The first kappa shape index (κ1) is 23.1. The Morgan fingerprint density at radius 2 is 2.00 bits per heavy atom. The zero-order valence-corrected chi connectivity index (χ0v) is 17.7. The molecule has 3 aromatic rings. The molecule has 0 aliphatic rings. The van der Waals surface area contributed by atoms with Crippen molar-refractivity contribution in [2.75, 3.05) is 13.2 Å². The predicted octanol–water partition coefficient (Wildman–Crippen LogP) is 4.11. The second-order valence-electron chi connectivity index (χ2n) is 7.29. The summed E-state index contributed by atoms with van der Waals surface area (Å²) in [6.45, 7) is 1.09. The Kier molecular flexibility index (Phi) is 7.59. The number of aromatic nitrogens is 2. The molecule has 0 bridgehead atoms. The molecule has 0 radical (unpaired) electrons. The molecular weight excluding hydrogens is 430 g/mol. The SMILES string of the molecule is Cc1nc2c(OCc3c(F)cccc3F)cc(Cl)cn2c1C(=O)C[C@@H](CO)CCCO. The number of carbonyl (C=O) groups excluding carboxylic acids is 1. The third-order valence-electron chi connectivity index (χ3n) is 5.03. The maximum Gasteiger partial charge on any atom is 0.181 e. The summed E-state index contributed by atoms with van der Waals surface area (Å²) in [6, 6.07) is 5.01. The predicted molar refractivity (Wildman–Crippen MR) is 111 cm³/mol. The standard InChI is InChI=1S/C22H23ClF2N2O4/c1-13-21(19(30)8-14(11-29)4-3-7-28)27-10-15(23)9-20(22(27)26-13)31-12-16-17(24)5-2-6-18(16)25/h2,5-6,9-10,14,28-29H,3-4,7-8,11-12H2,1H3/t14-/m0/s1. The van der Waals surface area contributed by atoms with Crippen LogP contribution in [-0.4, -0.2) is 38.6 Å². The Labute approximate surface area is 183 Å². The lowest BCUT2D eigenvalue weighted by Gasteiger charge is -2.13. The van der Waals surface area contributed by atoms with Crippen LogP contribution in [-0.2, 0) is 6.61 Å². The molecule has 0 aliphatic carbocycles. The summed E-state index contributed by atoms with van der Waals surface area (Å²) in [4.78, 5) is 17.3. The number of aliphatic hydroxyl groups is 2. The van der Waals surface area contributed by atoms with E-state index in [0.29, 0.717) is 24.2 Å². The van der Waals surface area contributed by atoms with Gasteiger partial charge in [-0.1, -0.05) is 17.7 Å². The van der Waals surface area contributed by atoms with E-state index >= 15 is 0 Å². The first-order valence-corrected chi connectivity index (χ1v) is 10.2. The van der Waals surface area contributed by atoms with Crippen LogP contribution in [0.2, 0.25) is 5.02 Å². The van der Waals surface area contributed by atoms with Crippen molar-refractivity contribution >= 4 is 23.0 Å². The van der Waals surface area contributed by atoms with Gasteiger partial charge in [0.15, 0.2) is 17.2 Å². The van der Waals surface area contributed by atoms with Crippen LogP contribution < -0.4 is 4.74 Å². The molecule has 1 atom stereocenters. The highest BCUT2D eigenvalue weighted by Crippen LogP contribution is 2.29. The minimum absolute atomic E-state index is 0.0156. The number of aryl methyl sites for hydroxylation is 1. The molecule has 2 aromatic heterocycles. The molecule has 0 fully saturated rings. The molecule has 0 spiro atoms. The van der Waals surface area contributed by atoms with Crippen molar-refractivity contribution in [3.05, 3.63) is 64.1 Å². The van der Waals surface area contributed by atoms with Crippen LogP contribution in [0.4, 0.5) is 8.78 Å². The lowest BCUT2D eigenvalue weighted by Crippen LogP contribution is -2.15. The Bertz CT molecular complexity index is 1070. The normalized spacial score (nSPS) is 12.3. The zero-order chi connectivity index (χ0) is 22.5. The van der Waals surface area contributed by atoms with Gasteiger partial charge < -0.3 is 14.9 Å². The molecular formula is C22H23ClF2N2O4. The van der Waals surface area contributed by atoms with Gasteiger partial charge in [-0.2, -0.15) is 0 Å². The molecule has 9 heteroatoms. The number of fused-ring (bicyclic) bond motifs is 1. The van der Waals surface area contributed by atoms with E-state index in [1.165, 1.54) is 22.7 Å². The number of ketones is 1. The van der Waals surface area contributed by atoms with Crippen LogP contribution in [0.25, 0.3) is 5.65 Å². The minimum Gasteiger partial charge on any atom is -0.485 e. The number of pyridine rings is 1. The van der Waals surface area contributed by atoms with Gasteiger partial charge in [0.05, 0.1) is 16.3 Å². The molecule has 2 heterocycles. The number of aliphatic hydroxyl groups excluding tert-OH is 2. The van der Waals surface area contributed by atoms with Crippen LogP contribution in [0.5, 0.6) is 5.75 Å². The molecule has 3 rings (SSSR count). The fourth-order valence-corrected chi connectivity index (χ4v) is 3.65. The summed E-state index contributed by atoms with van der Waals surface area (Å²) in [5.41, 5.74) is 0.794. The van der Waals surface area contributed by atoms with Gasteiger partial charge in [-0.05, 0) is 37.8 Å². The monoisotopic (exact) mass is 452 g/mol. The lowest BCUT2D eigenvalue weighted by atomic mass is 9.96. The molecule has 166 valence electrons. The van der Waals surface area contributed by atoms with Crippen molar-refractivity contribution in [1.82, 2.24) is 9.38 Å². The fourth-order valence-electron chi connectivity index (χ4n) is 3.45. The van der Waals surface area contributed by atoms with E-state index in [4.69, 9.17) is 21.4 Å². The third kappa shape index (κ3) is 5.20. The highest BCUT2D eigenvalue weighted by atomic mass is 35.5. The maximum absolute atomic E-state index is 13.9. The number of Topliss-reactive ketones (excluding diaryl/α,β-unsaturated/α-hetero) is 1. The highest BCUT2D eigenvalue weighted by molar-refractivity contribution is 6.30. The molecule has 0 saturated carbocycles. The largest absolute Gasteiger partial charge is 0.485 e. The average Bonchev–Trinajstić information content (AvgIpc) is 3.06. The van der Waals surface area contributed by atoms with Gasteiger partial charge in [0.1, 0.15) is 23.9 Å². The van der Waals surface area contributed by atoms with E-state index in [-0.39, 0.29) is 59.9 Å². The zero-order valence-electron chi connectivity index (χ0n) is 16.9. The number of rotatable bonds is 10. The highest BCUT2D eigenvalue weighted by Gasteiger charge is 2.23. The number of benzene rings is 1. The van der Waals surface area contributed by atoms with Gasteiger partial charge in [0.2, 0.25) is 0 Å². The molecule has 0 amide bonds. The van der Waals surface area contributed by atoms with Gasteiger partial charge in [-0.15, -0.1) is 0 Å². The van der Waals surface area contributed by atoms with E-state index in [2.05, 4.69) is 4.98 Å². The smallest absolute Gasteiger partial charge is 0.181 e. The number of halogens is 3. The van der Waals surface area contributed by atoms with Gasteiger partial charge in [-0.3, -0.25) is 9.20 Å². The average molecular weight is 453 g/mol. The minimum atomic E-state index is -0.730. The van der Waals surface area contributed by atoms with Crippen LogP contribution in [0.3, 0.4) is 0 Å². The summed E-state index contributed by atoms with van der Waals surface area (Å²) in [6.07, 6.45) is 2.59. The Morgan fingerprint density at radius 3 is 2.65 bits per heavy atom. The number of hydrogen-bond acceptors (Lipinski definition) is 5. The van der Waals surface area contributed by atoms with Crippen molar-refractivity contribution in [3.8, 4) is 5.75 Å². The van der Waals surface area contributed by atoms with Crippen molar-refractivity contribution in [1.29, 1.82) is 0 Å². The number of nitrogens with zero attached hydrogens (tertiary/aromatic N) is 2. The van der Waals surface area contributed by atoms with Gasteiger partial charge in [0, 0.05) is 31.9 Å². The number of imidazole rings is 1. The van der Waals surface area contributed by atoms with E-state index in [1.807, 2.05) is 0 Å². The maximum atomic E-state index is 13.9. The van der Waals surface area contributed by atoms with Crippen LogP contribution in [0.1, 0.15) is 41.0 Å². The Morgan fingerprint density at radius 1 is 1.29 bits per heavy atom. The van der Waals surface area contributed by atoms with Gasteiger partial charge >= 0.3 is 0 Å². The van der Waals surface area contributed by atoms with Crippen LogP contribution in [0.15, 0.2) is 30.5 Å². The first-order valence-electron chi connectivity index (χ1n) is 9.84. The van der Waals surface area contributed by atoms with E-state index in [1.54, 1.807) is 6.92 Å². The van der Waals surface area contributed by atoms with E-state index in [9.17, 15) is 18.7 Å². The first-order chi connectivity index (χ1) is 14.8. The second kappa shape index (κ2) is 10.2. The van der Waals surface area contributed by atoms with Crippen molar-refractivity contribution in [2.24, 2.45) is 5.92 Å². The quantitative estimate of drug-likeness (QED) is 0.452. The number of carbonyl (C=O) groups is 1. The van der Waals surface area contributed by atoms with Crippen LogP contribution >= 0.6 is 11.6 Å². The third-order valence-corrected chi connectivity index (χ3v) is 5.23. The van der Waals surface area contributed by atoms with Crippen molar-refractivity contribution in [2.45, 2.75) is 32.8 Å². The Hall–Kier alpha value is -2.55. The van der Waals surface area contributed by atoms with E-state index < -0.39 is 11.6 Å². The lowest BCUT2D eigenvalue weighted by molar-refractivity contribution is 0.0919. The second-order valence-corrected chi connectivity index (χ2v) is 7.73. The molecule has 31 heavy (non-hydrogen) atoms. The van der Waals surface area contributed by atoms with Crippen molar-refractivity contribution in [3.63, 3.8) is 0 Å². The summed E-state index contributed by atoms with van der Waals surface area (Å²) < 4.78 is 35.0. The fraction of sp³-hybridized carbons (Fsp3) is 0.364. The van der Waals surface area contributed by atoms with Crippen molar-refractivity contribution < 1.29 is 28.5 Å². The summed E-state index contributed by atoms with van der Waals surface area (Å²) >= 11 is 6.20. The summed E-state index contributed by atoms with van der Waals surface area (Å²) in [7, 11) is 0. The molecule has 0 aliphatic heterocycles. The molecule has 6 nitrogen and oxygen atoms in total.